The van der Waals surface area contributed by atoms with Gasteiger partial charge in [0.15, 0.2) is 0 Å². The SMILES string of the molecule is CCOC(=O)c1ccc(NC(=O)CC[C@H](N)C(=O)O)cc1. The standard InChI is InChI=1S/C14H18N2O5/c1-2-21-14(20)9-3-5-10(6-4-9)16-12(17)8-7-11(15)13(18)19/h3-6,11H,2,7-8,15H2,1H3,(H,16,17)(H,18,19)/t11-/m0/s1. The normalized spacial score (nSPS) is 11.5. The van der Waals surface area contributed by atoms with Crippen LogP contribution < -0.4 is 11.1 Å². The fourth-order valence-electron chi connectivity index (χ4n) is 1.54. The van der Waals surface area contributed by atoms with Gasteiger partial charge in [-0.05, 0) is 37.6 Å². The summed E-state index contributed by atoms with van der Waals surface area (Å²) in [6.45, 7) is 2.01. The summed E-state index contributed by atoms with van der Waals surface area (Å²) in [5.74, 6) is -1.90. The van der Waals surface area contributed by atoms with Gasteiger partial charge in [0.2, 0.25) is 5.91 Å². The smallest absolute Gasteiger partial charge is 0.338 e. The molecule has 0 radical (unpaired) electrons. The lowest BCUT2D eigenvalue weighted by Gasteiger charge is -2.08. The molecule has 21 heavy (non-hydrogen) atoms. The Bertz CT molecular complexity index is 513. The molecule has 1 amide bonds. The minimum Gasteiger partial charge on any atom is -0.480 e. The molecule has 0 aliphatic carbocycles. The molecule has 7 nitrogen and oxygen atoms in total. The van der Waals surface area contributed by atoms with Crippen LogP contribution >= 0.6 is 0 Å². The number of rotatable bonds is 7. The van der Waals surface area contributed by atoms with Crippen LogP contribution in [0.3, 0.4) is 0 Å². The van der Waals surface area contributed by atoms with Gasteiger partial charge >= 0.3 is 11.9 Å². The Labute approximate surface area is 122 Å². The molecule has 0 saturated heterocycles. The number of carbonyl (C=O) groups is 3. The number of amides is 1. The molecule has 7 heteroatoms. The maximum absolute atomic E-state index is 11.6. The van der Waals surface area contributed by atoms with Crippen LogP contribution in [0.1, 0.15) is 30.1 Å². The first-order chi connectivity index (χ1) is 9.93. The largest absolute Gasteiger partial charge is 0.480 e. The highest BCUT2D eigenvalue weighted by Gasteiger charge is 2.13. The molecule has 0 bridgehead atoms. The molecule has 1 aromatic rings. The predicted molar refractivity (Wildman–Crippen MR) is 75.9 cm³/mol. The molecule has 0 aromatic heterocycles. The lowest BCUT2D eigenvalue weighted by atomic mass is 10.1. The third-order valence-corrected chi connectivity index (χ3v) is 2.68. The van der Waals surface area contributed by atoms with E-state index >= 15 is 0 Å². The second-order valence-electron chi connectivity index (χ2n) is 4.33. The van der Waals surface area contributed by atoms with Crippen molar-refractivity contribution >= 4 is 23.5 Å². The molecular formula is C14H18N2O5. The molecule has 1 rings (SSSR count). The van der Waals surface area contributed by atoms with E-state index in [1.54, 1.807) is 19.1 Å². The first-order valence-corrected chi connectivity index (χ1v) is 6.49. The average Bonchev–Trinajstić information content (AvgIpc) is 2.45. The third kappa shape index (κ3) is 5.62. The summed E-state index contributed by atoms with van der Waals surface area (Å²) < 4.78 is 4.84. The van der Waals surface area contributed by atoms with E-state index < -0.39 is 18.0 Å². The Balaban J connectivity index is 2.50. The highest BCUT2D eigenvalue weighted by molar-refractivity contribution is 5.93. The number of carbonyl (C=O) groups excluding carboxylic acids is 2. The number of hydrogen-bond donors (Lipinski definition) is 3. The number of nitrogens with one attached hydrogen (secondary N) is 1. The van der Waals surface area contributed by atoms with Gasteiger partial charge < -0.3 is 20.9 Å². The summed E-state index contributed by atoms with van der Waals surface area (Å²) in [7, 11) is 0. The highest BCUT2D eigenvalue weighted by Crippen LogP contribution is 2.11. The van der Waals surface area contributed by atoms with Gasteiger partial charge in [-0.15, -0.1) is 0 Å². The van der Waals surface area contributed by atoms with Gasteiger partial charge in [-0.2, -0.15) is 0 Å². The van der Waals surface area contributed by atoms with Crippen molar-refractivity contribution in [2.24, 2.45) is 5.73 Å². The van der Waals surface area contributed by atoms with Gasteiger partial charge in [0, 0.05) is 12.1 Å². The van der Waals surface area contributed by atoms with Crippen LogP contribution in [0.25, 0.3) is 0 Å². The molecule has 0 saturated carbocycles. The van der Waals surface area contributed by atoms with Crippen LogP contribution in [-0.2, 0) is 14.3 Å². The Morgan fingerprint density at radius 2 is 1.90 bits per heavy atom. The minimum atomic E-state index is -1.14. The van der Waals surface area contributed by atoms with E-state index in [4.69, 9.17) is 15.6 Å². The number of aliphatic carboxylic acids is 1. The van der Waals surface area contributed by atoms with Crippen LogP contribution in [0.2, 0.25) is 0 Å². The Kier molecular flexibility index (Phi) is 6.35. The molecular weight excluding hydrogens is 276 g/mol. The first kappa shape index (κ1) is 16.6. The Morgan fingerprint density at radius 1 is 1.29 bits per heavy atom. The van der Waals surface area contributed by atoms with Gasteiger partial charge in [-0.25, -0.2) is 4.79 Å². The molecule has 114 valence electrons. The lowest BCUT2D eigenvalue weighted by Crippen LogP contribution is -2.31. The molecule has 1 atom stereocenters. The van der Waals surface area contributed by atoms with E-state index in [0.717, 1.165) is 0 Å². The van der Waals surface area contributed by atoms with Crippen molar-refractivity contribution in [1.82, 2.24) is 0 Å². The van der Waals surface area contributed by atoms with Crippen molar-refractivity contribution in [2.75, 3.05) is 11.9 Å². The second-order valence-corrected chi connectivity index (χ2v) is 4.33. The summed E-state index contributed by atoms with van der Waals surface area (Å²) in [5.41, 5.74) is 6.21. The number of hydrogen-bond acceptors (Lipinski definition) is 5. The summed E-state index contributed by atoms with van der Waals surface area (Å²) in [6, 6.07) is 5.16. The Hall–Kier alpha value is -2.41. The molecule has 1 aromatic carbocycles. The van der Waals surface area contributed by atoms with E-state index in [9.17, 15) is 14.4 Å². The van der Waals surface area contributed by atoms with Crippen LogP contribution in [-0.4, -0.2) is 35.6 Å². The predicted octanol–water partition coefficient (Wildman–Crippen LogP) is 0.994. The topological polar surface area (TPSA) is 119 Å². The number of nitrogens with two attached hydrogens (primary N) is 1. The van der Waals surface area contributed by atoms with Crippen LogP contribution in [0.15, 0.2) is 24.3 Å². The number of ether oxygens (including phenoxy) is 1. The maximum Gasteiger partial charge on any atom is 0.338 e. The van der Waals surface area contributed by atoms with Crippen LogP contribution in [0.5, 0.6) is 0 Å². The zero-order valence-electron chi connectivity index (χ0n) is 11.7. The van der Waals surface area contributed by atoms with E-state index in [-0.39, 0.29) is 18.7 Å². The maximum atomic E-state index is 11.6. The Morgan fingerprint density at radius 3 is 2.43 bits per heavy atom. The number of carboxylic acids is 1. The zero-order chi connectivity index (χ0) is 15.8. The molecule has 0 spiro atoms. The number of anilines is 1. The van der Waals surface area contributed by atoms with Gasteiger partial charge in [0.1, 0.15) is 6.04 Å². The second kappa shape index (κ2) is 8.01. The summed E-state index contributed by atoms with van der Waals surface area (Å²) in [6.07, 6.45) is 0.0647. The van der Waals surface area contributed by atoms with E-state index in [1.807, 2.05) is 0 Å². The quantitative estimate of drug-likeness (QED) is 0.645. The zero-order valence-corrected chi connectivity index (χ0v) is 11.7. The van der Waals surface area contributed by atoms with Crippen LogP contribution in [0.4, 0.5) is 5.69 Å². The fraction of sp³-hybridized carbons (Fsp3) is 0.357. The van der Waals surface area contributed by atoms with Gasteiger partial charge in [-0.3, -0.25) is 9.59 Å². The third-order valence-electron chi connectivity index (χ3n) is 2.68. The first-order valence-electron chi connectivity index (χ1n) is 6.49. The van der Waals surface area contributed by atoms with Crippen LogP contribution in [0, 0.1) is 0 Å². The van der Waals surface area contributed by atoms with Gasteiger partial charge in [0.25, 0.3) is 0 Å². The number of carboxylic acid groups (broad SMARTS) is 1. The highest BCUT2D eigenvalue weighted by atomic mass is 16.5. The summed E-state index contributed by atoms with van der Waals surface area (Å²) in [4.78, 5) is 33.6. The average molecular weight is 294 g/mol. The molecule has 4 N–H and O–H groups in total. The summed E-state index contributed by atoms with van der Waals surface area (Å²) >= 11 is 0. The monoisotopic (exact) mass is 294 g/mol. The number of esters is 1. The van der Waals surface area contributed by atoms with Crippen molar-refractivity contribution in [3.63, 3.8) is 0 Å². The fourth-order valence-corrected chi connectivity index (χ4v) is 1.54. The van der Waals surface area contributed by atoms with E-state index in [0.29, 0.717) is 17.9 Å². The van der Waals surface area contributed by atoms with Crippen molar-refractivity contribution < 1.29 is 24.2 Å². The molecule has 0 fully saturated rings. The van der Waals surface area contributed by atoms with E-state index in [2.05, 4.69) is 5.32 Å². The molecule has 0 heterocycles. The molecule has 0 unspecified atom stereocenters. The molecule has 0 aliphatic heterocycles. The van der Waals surface area contributed by atoms with Crippen molar-refractivity contribution in [1.29, 1.82) is 0 Å². The van der Waals surface area contributed by atoms with Crippen molar-refractivity contribution in [3.05, 3.63) is 29.8 Å². The van der Waals surface area contributed by atoms with Gasteiger partial charge in [0.05, 0.1) is 12.2 Å². The lowest BCUT2D eigenvalue weighted by molar-refractivity contribution is -0.138. The van der Waals surface area contributed by atoms with Gasteiger partial charge in [-0.1, -0.05) is 0 Å². The van der Waals surface area contributed by atoms with E-state index in [1.165, 1.54) is 12.1 Å². The number of benzene rings is 1. The molecule has 0 aliphatic rings. The van der Waals surface area contributed by atoms with Crippen molar-refractivity contribution in [3.8, 4) is 0 Å². The minimum absolute atomic E-state index is 0.00704. The summed E-state index contributed by atoms with van der Waals surface area (Å²) in [5, 5.41) is 11.2. The van der Waals surface area contributed by atoms with Crippen molar-refractivity contribution in [2.45, 2.75) is 25.8 Å².